The molecular weight excluding hydrogens is 547 g/mol. The summed E-state index contributed by atoms with van der Waals surface area (Å²) in [6.07, 6.45) is 7.91. The average Bonchev–Trinajstić information content (AvgIpc) is 3.67. The van der Waals surface area contributed by atoms with E-state index in [-0.39, 0.29) is 16.5 Å². The van der Waals surface area contributed by atoms with Crippen LogP contribution in [0.3, 0.4) is 0 Å². The maximum Gasteiger partial charge on any atom is 2.00 e. The van der Waals surface area contributed by atoms with E-state index >= 15 is 0 Å². The van der Waals surface area contributed by atoms with E-state index in [0.717, 1.165) is 85.2 Å². The van der Waals surface area contributed by atoms with Crippen LogP contribution in [0.5, 0.6) is 0 Å². The molecule has 0 unspecified atom stereocenters. The van der Waals surface area contributed by atoms with Crippen molar-refractivity contribution in [3.05, 3.63) is 69.6 Å². The van der Waals surface area contributed by atoms with Gasteiger partial charge in [0.1, 0.15) is 0 Å². The van der Waals surface area contributed by atoms with Crippen LogP contribution in [-0.2, 0) is 29.3 Å². The first-order valence-corrected chi connectivity index (χ1v) is 15.9. The minimum atomic E-state index is 0. The van der Waals surface area contributed by atoms with Gasteiger partial charge < -0.3 is 9.97 Å². The van der Waals surface area contributed by atoms with Crippen molar-refractivity contribution in [1.29, 1.82) is 0 Å². The van der Waals surface area contributed by atoms with Crippen LogP contribution >= 0.6 is 0 Å². The zero-order valence-corrected chi connectivity index (χ0v) is 27.2. The molecule has 3 aliphatic heterocycles. The van der Waals surface area contributed by atoms with Gasteiger partial charge in [0.2, 0.25) is 0 Å². The van der Waals surface area contributed by atoms with E-state index in [4.69, 9.17) is 19.9 Å². The first kappa shape index (κ1) is 31.3. The van der Waals surface area contributed by atoms with Crippen LogP contribution in [0, 0.1) is 0 Å². The summed E-state index contributed by atoms with van der Waals surface area (Å²) in [4.78, 5) is 21.1. The fourth-order valence-corrected chi connectivity index (χ4v) is 7.34. The second-order valence-corrected chi connectivity index (χ2v) is 11.2. The van der Waals surface area contributed by atoms with E-state index in [1.165, 1.54) is 44.8 Å². The molecule has 0 N–H and O–H groups in total. The molecule has 2 aromatic heterocycles. The van der Waals surface area contributed by atoms with Crippen LogP contribution in [0.25, 0.3) is 33.3 Å². The molecule has 41 heavy (non-hydrogen) atoms. The smallest absolute Gasteiger partial charge is 0.664 e. The van der Waals surface area contributed by atoms with Gasteiger partial charge in [-0.1, -0.05) is 104 Å². The monoisotopic (exact) mass is 592 g/mol. The number of aromatic nitrogens is 4. The predicted molar refractivity (Wildman–Crippen MR) is 170 cm³/mol. The van der Waals surface area contributed by atoms with Crippen molar-refractivity contribution >= 4 is 33.3 Å². The Morgan fingerprint density at radius 2 is 0.829 bits per heavy atom. The molecule has 3 aliphatic rings. The zero-order valence-electron chi connectivity index (χ0n) is 26.2. The van der Waals surface area contributed by atoms with Crippen molar-refractivity contribution < 1.29 is 16.5 Å². The summed E-state index contributed by atoms with van der Waals surface area (Å²) in [6, 6.07) is 9.12. The van der Waals surface area contributed by atoms with Crippen molar-refractivity contribution in [2.24, 2.45) is 0 Å². The maximum atomic E-state index is 5.33. The third kappa shape index (κ3) is 5.36. The topological polar surface area (TPSA) is 54.0 Å². The van der Waals surface area contributed by atoms with E-state index in [9.17, 15) is 0 Å². The summed E-state index contributed by atoms with van der Waals surface area (Å²) < 4.78 is 0. The fraction of sp³-hybridized carbons (Fsp3) is 0.500. The van der Waals surface area contributed by atoms with Crippen molar-refractivity contribution in [2.45, 2.75) is 119 Å². The Bertz CT molecular complexity index is 1440. The molecule has 5 heterocycles. The van der Waals surface area contributed by atoms with Gasteiger partial charge in [-0.3, -0.25) is 0 Å². The predicted octanol–water partition coefficient (Wildman–Crippen LogP) is 9.57. The van der Waals surface area contributed by atoms with Gasteiger partial charge in [-0.05, 0) is 72.7 Å². The summed E-state index contributed by atoms with van der Waals surface area (Å²) in [5, 5.41) is 0. The molecule has 0 aliphatic carbocycles. The Hall–Kier alpha value is -2.65. The first-order chi connectivity index (χ1) is 19.5. The summed E-state index contributed by atoms with van der Waals surface area (Å²) in [5.41, 5.74) is 16.9. The van der Waals surface area contributed by atoms with Gasteiger partial charge in [0.15, 0.2) is 0 Å². The molecule has 0 amide bonds. The standard InChI is InChI=1S/C36H46N4.Ni/c1-9-21-22(10-2)30-18-32-25(13-5)26(14-6)34(39-32)20-36-28(16-8)27(15-7)35(40-36)19-33-24(12-4)23(11-3)31(38-33)17-29(21)37-30;/h17-22H,9-16H2,1-8H3;/q-2;+2/t21-,22-;/m0./s1. The number of hydrogen-bond donors (Lipinski definition) is 0. The van der Waals surface area contributed by atoms with Crippen molar-refractivity contribution in [3.63, 3.8) is 0 Å². The van der Waals surface area contributed by atoms with Gasteiger partial charge >= 0.3 is 16.5 Å². The van der Waals surface area contributed by atoms with Crippen LogP contribution in [0.4, 0.5) is 0 Å². The largest absolute Gasteiger partial charge is 2.00 e. The molecule has 0 aromatic carbocycles. The summed E-state index contributed by atoms with van der Waals surface area (Å²) in [7, 11) is 0. The number of nitrogens with zero attached hydrogens (tertiary/aromatic N) is 4. The van der Waals surface area contributed by atoms with E-state index < -0.39 is 0 Å². The van der Waals surface area contributed by atoms with E-state index in [0.29, 0.717) is 11.8 Å². The minimum absolute atomic E-state index is 0. The Kier molecular flexibility index (Phi) is 10.0. The quantitative estimate of drug-likeness (QED) is 0.286. The van der Waals surface area contributed by atoms with Crippen LogP contribution in [0.2, 0.25) is 0 Å². The van der Waals surface area contributed by atoms with Gasteiger partial charge in [-0.25, -0.2) is 9.97 Å². The third-order valence-electron chi connectivity index (χ3n) is 9.29. The first-order valence-electron chi connectivity index (χ1n) is 15.9. The second-order valence-electron chi connectivity index (χ2n) is 11.2. The van der Waals surface area contributed by atoms with Gasteiger partial charge in [0.05, 0.1) is 22.8 Å². The van der Waals surface area contributed by atoms with E-state index in [2.05, 4.69) is 79.7 Å². The molecule has 0 spiro atoms. The Labute approximate surface area is 257 Å². The number of hydrogen-bond acceptors (Lipinski definition) is 2. The summed E-state index contributed by atoms with van der Waals surface area (Å²) in [5.74, 6) is 0.806. The van der Waals surface area contributed by atoms with Gasteiger partial charge in [0, 0.05) is 0 Å². The summed E-state index contributed by atoms with van der Waals surface area (Å²) >= 11 is 0. The molecule has 0 saturated carbocycles. The molecule has 2 atom stereocenters. The maximum absolute atomic E-state index is 5.33. The number of fused-ring (bicyclic) bond motifs is 8. The van der Waals surface area contributed by atoms with Crippen LogP contribution in [0.15, 0.2) is 24.3 Å². The number of allylic oxidation sites excluding steroid dienone is 4. The number of aryl methyl sites for hydroxylation is 2. The molecule has 2 aromatic rings. The van der Waals surface area contributed by atoms with Gasteiger partial charge in [-0.2, -0.15) is 11.4 Å². The van der Waals surface area contributed by atoms with Crippen LogP contribution < -0.4 is 9.97 Å². The fourth-order valence-electron chi connectivity index (χ4n) is 7.34. The summed E-state index contributed by atoms with van der Waals surface area (Å²) in [6.45, 7) is 18.1. The molecular formula is C36H46N4Ni. The Morgan fingerprint density at radius 1 is 0.488 bits per heavy atom. The van der Waals surface area contributed by atoms with Gasteiger partial charge in [0.25, 0.3) is 0 Å². The average molecular weight is 593 g/mol. The molecule has 8 bridgehead atoms. The van der Waals surface area contributed by atoms with Crippen molar-refractivity contribution in [2.75, 3.05) is 0 Å². The Morgan fingerprint density at radius 3 is 1.12 bits per heavy atom. The molecule has 4 nitrogen and oxygen atoms in total. The zero-order chi connectivity index (χ0) is 28.6. The third-order valence-corrected chi connectivity index (χ3v) is 9.29. The second kappa shape index (κ2) is 13.1. The van der Waals surface area contributed by atoms with Crippen molar-refractivity contribution in [1.82, 2.24) is 19.9 Å². The number of rotatable bonds is 8. The molecule has 220 valence electrons. The van der Waals surface area contributed by atoms with Crippen molar-refractivity contribution in [3.8, 4) is 0 Å². The minimum Gasteiger partial charge on any atom is -0.664 e. The molecule has 5 heteroatoms. The Balaban J connectivity index is 0.00000387. The molecule has 0 fully saturated rings. The van der Waals surface area contributed by atoms with Crippen LogP contribution in [-0.4, -0.2) is 9.97 Å². The normalized spacial score (nSPS) is 17.7. The SMILES string of the molecule is CCC1=C(CC)c2cc3[n-]c(cc4nc(cc5[n-]c(cc1n2)[C@@H](CC)[C@@H]5CC)C(CC)=C4CC)c(CC)c3CC.[Ni+2]. The van der Waals surface area contributed by atoms with E-state index in [1.807, 2.05) is 0 Å². The van der Waals surface area contributed by atoms with Crippen LogP contribution in [0.1, 0.15) is 151 Å². The molecule has 0 radical (unpaired) electrons. The van der Waals surface area contributed by atoms with Gasteiger partial charge in [-0.15, -0.1) is 11.0 Å². The molecule has 5 rings (SSSR count). The molecule has 0 saturated heterocycles. The van der Waals surface area contributed by atoms with E-state index in [1.54, 1.807) is 0 Å².